The molecule has 1 N–H and O–H groups in total. The minimum absolute atomic E-state index is 0.397. The summed E-state index contributed by atoms with van der Waals surface area (Å²) in [7, 11) is 0. The molecule has 3 rings (SSSR count). The molecule has 0 spiro atoms. The van der Waals surface area contributed by atoms with E-state index in [2.05, 4.69) is 20.6 Å². The highest BCUT2D eigenvalue weighted by Crippen LogP contribution is 2.26. The molecule has 6 heteroatoms. The first-order valence-electron chi connectivity index (χ1n) is 5.80. The molecule has 0 amide bonds. The number of aryl methyl sites for hydroxylation is 1. The van der Waals surface area contributed by atoms with Gasteiger partial charge in [-0.25, -0.2) is 0 Å². The van der Waals surface area contributed by atoms with E-state index in [0.717, 1.165) is 37.3 Å². The van der Waals surface area contributed by atoms with E-state index in [9.17, 15) is 0 Å². The molecule has 3 heterocycles. The van der Waals surface area contributed by atoms with Crippen molar-refractivity contribution in [1.82, 2.24) is 20.6 Å². The summed E-state index contributed by atoms with van der Waals surface area (Å²) in [5, 5.41) is 11.1. The molecule has 1 saturated heterocycles. The molecule has 0 atom stereocenters. The summed E-state index contributed by atoms with van der Waals surface area (Å²) in [6.45, 7) is 3.86. The number of hydrogen-bond donors (Lipinski definition) is 1. The van der Waals surface area contributed by atoms with Crippen molar-refractivity contribution < 1.29 is 9.05 Å². The van der Waals surface area contributed by atoms with Crippen LogP contribution in [0.4, 0.5) is 0 Å². The van der Waals surface area contributed by atoms with Crippen molar-refractivity contribution in [1.29, 1.82) is 0 Å². The molecule has 0 aromatic carbocycles. The van der Waals surface area contributed by atoms with Crippen LogP contribution in [0.1, 0.15) is 30.3 Å². The first-order chi connectivity index (χ1) is 8.34. The lowest BCUT2D eigenvalue weighted by Crippen LogP contribution is -2.27. The molecular weight excluding hydrogens is 220 g/mol. The normalized spacial score (nSPS) is 17.5. The van der Waals surface area contributed by atoms with Gasteiger partial charge in [0.2, 0.25) is 0 Å². The third-order valence-electron chi connectivity index (χ3n) is 3.13. The second-order valence-electron chi connectivity index (χ2n) is 4.28. The van der Waals surface area contributed by atoms with Gasteiger partial charge in [-0.15, -0.1) is 0 Å². The summed E-state index contributed by atoms with van der Waals surface area (Å²) in [6.07, 6.45) is 3.72. The fourth-order valence-corrected chi connectivity index (χ4v) is 2.09. The van der Waals surface area contributed by atoms with E-state index in [1.165, 1.54) is 0 Å². The summed E-state index contributed by atoms with van der Waals surface area (Å²) in [4.78, 5) is 4.43. The molecule has 17 heavy (non-hydrogen) atoms. The molecule has 1 aliphatic heterocycles. The van der Waals surface area contributed by atoms with E-state index in [0.29, 0.717) is 17.6 Å². The number of hydrogen-bond acceptors (Lipinski definition) is 6. The van der Waals surface area contributed by atoms with E-state index in [1.54, 1.807) is 6.20 Å². The van der Waals surface area contributed by atoms with Gasteiger partial charge < -0.3 is 14.4 Å². The Kier molecular flexibility index (Phi) is 2.64. The van der Waals surface area contributed by atoms with Crippen LogP contribution in [-0.4, -0.2) is 28.4 Å². The average Bonchev–Trinajstić information content (AvgIpc) is 2.98. The first-order valence-corrected chi connectivity index (χ1v) is 5.80. The lowest BCUT2D eigenvalue weighted by molar-refractivity contribution is 0.388. The maximum Gasteiger partial charge on any atom is 0.263 e. The van der Waals surface area contributed by atoms with Crippen LogP contribution in [0.25, 0.3) is 11.5 Å². The van der Waals surface area contributed by atoms with Gasteiger partial charge >= 0.3 is 0 Å². The smallest absolute Gasteiger partial charge is 0.263 e. The Hall–Kier alpha value is -1.69. The molecule has 1 aliphatic rings. The van der Waals surface area contributed by atoms with Crippen LogP contribution >= 0.6 is 0 Å². The van der Waals surface area contributed by atoms with Gasteiger partial charge in [-0.05, 0) is 32.9 Å². The van der Waals surface area contributed by atoms with E-state index in [1.807, 2.05) is 6.92 Å². The SMILES string of the molecule is Cc1oncc1-c1nc(C2CCNCC2)no1. The van der Waals surface area contributed by atoms with Crippen molar-refractivity contribution in [2.24, 2.45) is 0 Å². The zero-order valence-electron chi connectivity index (χ0n) is 9.64. The van der Waals surface area contributed by atoms with Crippen molar-refractivity contribution in [3.8, 4) is 11.5 Å². The van der Waals surface area contributed by atoms with Gasteiger partial charge in [-0.3, -0.25) is 0 Å². The fourth-order valence-electron chi connectivity index (χ4n) is 2.09. The maximum absolute atomic E-state index is 5.26. The fraction of sp³-hybridized carbons (Fsp3) is 0.545. The second kappa shape index (κ2) is 4.29. The minimum atomic E-state index is 0.397. The van der Waals surface area contributed by atoms with E-state index < -0.39 is 0 Å². The molecule has 0 radical (unpaired) electrons. The van der Waals surface area contributed by atoms with Gasteiger partial charge in [-0.1, -0.05) is 10.3 Å². The molecule has 0 aliphatic carbocycles. The summed E-state index contributed by atoms with van der Waals surface area (Å²) < 4.78 is 10.2. The highest BCUT2D eigenvalue weighted by atomic mass is 16.5. The third-order valence-corrected chi connectivity index (χ3v) is 3.13. The Morgan fingerprint density at radius 2 is 2.12 bits per heavy atom. The number of rotatable bonds is 2. The van der Waals surface area contributed by atoms with E-state index in [4.69, 9.17) is 9.05 Å². The zero-order valence-corrected chi connectivity index (χ0v) is 9.64. The Morgan fingerprint density at radius 3 is 2.82 bits per heavy atom. The van der Waals surface area contributed by atoms with Crippen LogP contribution in [0, 0.1) is 6.92 Å². The van der Waals surface area contributed by atoms with Gasteiger partial charge in [0.1, 0.15) is 11.3 Å². The van der Waals surface area contributed by atoms with Crippen molar-refractivity contribution >= 4 is 0 Å². The minimum Gasteiger partial charge on any atom is -0.361 e. The largest absolute Gasteiger partial charge is 0.361 e. The van der Waals surface area contributed by atoms with Gasteiger partial charge in [0.15, 0.2) is 5.82 Å². The topological polar surface area (TPSA) is 77.0 Å². The zero-order chi connectivity index (χ0) is 11.7. The number of nitrogens with zero attached hydrogens (tertiary/aromatic N) is 3. The predicted molar refractivity (Wildman–Crippen MR) is 59.4 cm³/mol. The monoisotopic (exact) mass is 234 g/mol. The average molecular weight is 234 g/mol. The van der Waals surface area contributed by atoms with Crippen LogP contribution in [0.5, 0.6) is 0 Å². The lowest BCUT2D eigenvalue weighted by Gasteiger charge is -2.18. The molecule has 2 aromatic heterocycles. The van der Waals surface area contributed by atoms with Gasteiger partial charge in [0.25, 0.3) is 5.89 Å². The van der Waals surface area contributed by atoms with Crippen molar-refractivity contribution in [2.45, 2.75) is 25.7 Å². The van der Waals surface area contributed by atoms with Crippen LogP contribution in [-0.2, 0) is 0 Å². The van der Waals surface area contributed by atoms with Crippen LogP contribution < -0.4 is 5.32 Å². The van der Waals surface area contributed by atoms with Crippen molar-refractivity contribution in [3.63, 3.8) is 0 Å². The van der Waals surface area contributed by atoms with Gasteiger partial charge in [0.05, 0.1) is 6.20 Å². The molecule has 2 aromatic rings. The molecule has 90 valence electrons. The number of aromatic nitrogens is 3. The van der Waals surface area contributed by atoms with E-state index in [-0.39, 0.29) is 0 Å². The van der Waals surface area contributed by atoms with Gasteiger partial charge in [-0.2, -0.15) is 4.98 Å². The molecule has 0 unspecified atom stereocenters. The highest BCUT2D eigenvalue weighted by Gasteiger charge is 2.22. The van der Waals surface area contributed by atoms with Crippen molar-refractivity contribution in [2.75, 3.05) is 13.1 Å². The quantitative estimate of drug-likeness (QED) is 0.848. The molecule has 1 fully saturated rings. The standard InChI is InChI=1S/C11H14N4O2/c1-7-9(6-13-16-7)11-14-10(15-17-11)8-2-4-12-5-3-8/h6,8,12H,2-5H2,1H3. The predicted octanol–water partition coefficient (Wildman–Crippen LogP) is 1.50. The van der Waals surface area contributed by atoms with Crippen LogP contribution in [0.2, 0.25) is 0 Å². The Morgan fingerprint density at radius 1 is 1.29 bits per heavy atom. The molecule has 0 saturated carbocycles. The lowest BCUT2D eigenvalue weighted by atomic mass is 9.98. The maximum atomic E-state index is 5.26. The van der Waals surface area contributed by atoms with Gasteiger partial charge in [0, 0.05) is 5.92 Å². The summed E-state index contributed by atoms with van der Waals surface area (Å²) in [5.74, 6) is 2.39. The molecule has 0 bridgehead atoms. The second-order valence-corrected chi connectivity index (χ2v) is 4.28. The third kappa shape index (κ3) is 1.95. The summed E-state index contributed by atoms with van der Waals surface area (Å²) >= 11 is 0. The van der Waals surface area contributed by atoms with Crippen molar-refractivity contribution in [3.05, 3.63) is 17.8 Å². The highest BCUT2D eigenvalue weighted by molar-refractivity contribution is 5.53. The van der Waals surface area contributed by atoms with Crippen LogP contribution in [0.3, 0.4) is 0 Å². The number of piperidine rings is 1. The van der Waals surface area contributed by atoms with E-state index >= 15 is 0 Å². The summed E-state index contributed by atoms with van der Waals surface area (Å²) in [5.41, 5.74) is 0.776. The number of nitrogens with one attached hydrogen (secondary N) is 1. The Labute approximate surface area is 98.4 Å². The Balaban J connectivity index is 1.85. The Bertz CT molecular complexity index is 499. The van der Waals surface area contributed by atoms with Crippen LogP contribution in [0.15, 0.2) is 15.2 Å². The summed E-state index contributed by atoms with van der Waals surface area (Å²) in [6, 6.07) is 0. The first kappa shape index (κ1) is 10.5. The molecule has 6 nitrogen and oxygen atoms in total. The molecular formula is C11H14N4O2.